The van der Waals surface area contributed by atoms with Crippen molar-refractivity contribution in [3.8, 4) is 0 Å². The molecule has 0 aromatic heterocycles. The van der Waals surface area contributed by atoms with E-state index >= 15 is 0 Å². The van der Waals surface area contributed by atoms with E-state index in [0.29, 0.717) is 31.6 Å². The van der Waals surface area contributed by atoms with Crippen molar-refractivity contribution >= 4 is 15.9 Å². The summed E-state index contributed by atoms with van der Waals surface area (Å²) in [6.45, 7) is 1.24. The quantitative estimate of drug-likeness (QED) is 0.709. The molecule has 1 saturated heterocycles. The second-order valence-electron chi connectivity index (χ2n) is 6.97. The predicted octanol–water partition coefficient (Wildman–Crippen LogP) is 1.18. The first kappa shape index (κ1) is 19.3. The SMILES string of the molecule is O=C(NC1CCOCC1)c1cccc(S(=O)(=O)N[C@@H]2CCCC[C@H]2O)c1. The highest BCUT2D eigenvalue weighted by Crippen LogP contribution is 2.21. The molecule has 2 fully saturated rings. The van der Waals surface area contributed by atoms with E-state index in [-0.39, 0.29) is 16.8 Å². The van der Waals surface area contributed by atoms with Gasteiger partial charge in [0.15, 0.2) is 0 Å². The van der Waals surface area contributed by atoms with Crippen LogP contribution in [-0.2, 0) is 14.8 Å². The molecule has 1 aliphatic heterocycles. The molecule has 1 aromatic rings. The fraction of sp³-hybridized carbons (Fsp3) is 0.611. The van der Waals surface area contributed by atoms with Crippen LogP contribution in [0, 0.1) is 0 Å². The number of nitrogens with one attached hydrogen (secondary N) is 2. The molecular weight excluding hydrogens is 356 g/mol. The highest BCUT2D eigenvalue weighted by molar-refractivity contribution is 7.89. The zero-order chi connectivity index (χ0) is 18.6. The van der Waals surface area contributed by atoms with Crippen molar-refractivity contribution in [2.45, 2.75) is 61.6 Å². The fourth-order valence-electron chi connectivity index (χ4n) is 3.43. The number of rotatable bonds is 5. The molecule has 0 spiro atoms. The molecule has 1 heterocycles. The minimum Gasteiger partial charge on any atom is -0.391 e. The Balaban J connectivity index is 1.69. The van der Waals surface area contributed by atoms with Gasteiger partial charge in [0.1, 0.15) is 0 Å². The first-order chi connectivity index (χ1) is 12.5. The summed E-state index contributed by atoms with van der Waals surface area (Å²) in [4.78, 5) is 12.5. The van der Waals surface area contributed by atoms with E-state index in [1.54, 1.807) is 12.1 Å². The van der Waals surface area contributed by atoms with Crippen molar-refractivity contribution in [2.75, 3.05) is 13.2 Å². The van der Waals surface area contributed by atoms with Crippen molar-refractivity contribution in [1.82, 2.24) is 10.0 Å². The number of carbonyl (C=O) groups is 1. The minimum absolute atomic E-state index is 0.0369. The standard InChI is InChI=1S/C18H26N2O5S/c21-17-7-2-1-6-16(17)20-26(23,24)15-5-3-4-13(12-15)18(22)19-14-8-10-25-11-9-14/h3-5,12,14,16-17,20-21H,1-2,6-11H2,(H,19,22)/t16-,17-/m1/s1. The average molecular weight is 382 g/mol. The number of aliphatic hydroxyl groups excluding tert-OH is 1. The molecular formula is C18H26N2O5S. The van der Waals surface area contributed by atoms with E-state index in [0.717, 1.165) is 25.7 Å². The molecule has 7 nitrogen and oxygen atoms in total. The van der Waals surface area contributed by atoms with Gasteiger partial charge in [0, 0.05) is 30.9 Å². The zero-order valence-corrected chi connectivity index (χ0v) is 15.5. The van der Waals surface area contributed by atoms with E-state index in [1.165, 1.54) is 12.1 Å². The molecule has 144 valence electrons. The van der Waals surface area contributed by atoms with Crippen molar-refractivity contribution in [1.29, 1.82) is 0 Å². The molecule has 2 atom stereocenters. The average Bonchev–Trinajstić information content (AvgIpc) is 2.64. The third-order valence-electron chi connectivity index (χ3n) is 5.00. The van der Waals surface area contributed by atoms with Crippen LogP contribution in [0.15, 0.2) is 29.2 Å². The first-order valence-corrected chi connectivity index (χ1v) is 10.6. The van der Waals surface area contributed by atoms with Crippen LogP contribution in [0.25, 0.3) is 0 Å². The lowest BCUT2D eigenvalue weighted by Gasteiger charge is -2.28. The third-order valence-corrected chi connectivity index (χ3v) is 6.49. The summed E-state index contributed by atoms with van der Waals surface area (Å²) in [5, 5.41) is 12.9. The summed E-state index contributed by atoms with van der Waals surface area (Å²) in [5.41, 5.74) is 0.309. The number of amides is 1. The zero-order valence-electron chi connectivity index (χ0n) is 14.7. The number of carbonyl (C=O) groups excluding carboxylic acids is 1. The number of hydrogen-bond donors (Lipinski definition) is 3. The van der Waals surface area contributed by atoms with Crippen LogP contribution in [0.3, 0.4) is 0 Å². The normalized spacial score (nSPS) is 25.0. The largest absolute Gasteiger partial charge is 0.391 e. The lowest BCUT2D eigenvalue weighted by Crippen LogP contribution is -2.45. The number of benzene rings is 1. The van der Waals surface area contributed by atoms with Crippen molar-refractivity contribution < 1.29 is 23.1 Å². The van der Waals surface area contributed by atoms with Crippen LogP contribution >= 0.6 is 0 Å². The van der Waals surface area contributed by atoms with Crippen LogP contribution < -0.4 is 10.0 Å². The molecule has 0 radical (unpaired) electrons. The lowest BCUT2D eigenvalue weighted by molar-refractivity contribution is 0.0696. The summed E-state index contributed by atoms with van der Waals surface area (Å²) in [5.74, 6) is -0.286. The number of sulfonamides is 1. The second kappa shape index (κ2) is 8.47. The maximum absolute atomic E-state index is 12.6. The molecule has 1 aromatic carbocycles. The Kier molecular flexibility index (Phi) is 6.29. The summed E-state index contributed by atoms with van der Waals surface area (Å²) < 4.78 is 33.1. The monoisotopic (exact) mass is 382 g/mol. The van der Waals surface area contributed by atoms with Gasteiger partial charge >= 0.3 is 0 Å². The Morgan fingerprint density at radius 1 is 1.12 bits per heavy atom. The van der Waals surface area contributed by atoms with E-state index in [4.69, 9.17) is 4.74 Å². The van der Waals surface area contributed by atoms with Gasteiger partial charge in [0.25, 0.3) is 5.91 Å². The van der Waals surface area contributed by atoms with E-state index in [2.05, 4.69) is 10.0 Å². The Morgan fingerprint density at radius 2 is 1.85 bits per heavy atom. The van der Waals surface area contributed by atoms with Gasteiger partial charge in [-0.1, -0.05) is 18.9 Å². The Morgan fingerprint density at radius 3 is 2.58 bits per heavy atom. The molecule has 0 unspecified atom stereocenters. The van der Waals surface area contributed by atoms with Gasteiger partial charge in [-0.3, -0.25) is 4.79 Å². The Bertz CT molecular complexity index is 731. The summed E-state index contributed by atoms with van der Waals surface area (Å²) in [6, 6.07) is 5.57. The molecule has 1 saturated carbocycles. The van der Waals surface area contributed by atoms with Crippen molar-refractivity contribution in [3.63, 3.8) is 0 Å². The molecule has 3 N–H and O–H groups in total. The Hall–Kier alpha value is -1.48. The molecule has 0 bridgehead atoms. The highest BCUT2D eigenvalue weighted by Gasteiger charge is 2.28. The van der Waals surface area contributed by atoms with Crippen LogP contribution in [0.2, 0.25) is 0 Å². The molecule has 2 aliphatic rings. The maximum atomic E-state index is 12.6. The first-order valence-electron chi connectivity index (χ1n) is 9.15. The molecule has 1 aliphatic carbocycles. The van der Waals surface area contributed by atoms with Gasteiger partial charge < -0.3 is 15.2 Å². The van der Waals surface area contributed by atoms with Crippen LogP contribution in [0.5, 0.6) is 0 Å². The van der Waals surface area contributed by atoms with Gasteiger partial charge in [0.2, 0.25) is 10.0 Å². The number of ether oxygens (including phenoxy) is 1. The lowest BCUT2D eigenvalue weighted by atomic mass is 9.93. The van der Waals surface area contributed by atoms with Crippen LogP contribution in [0.4, 0.5) is 0 Å². The van der Waals surface area contributed by atoms with E-state index in [1.807, 2.05) is 0 Å². The smallest absolute Gasteiger partial charge is 0.251 e. The molecule has 8 heteroatoms. The van der Waals surface area contributed by atoms with E-state index < -0.39 is 22.2 Å². The van der Waals surface area contributed by atoms with Crippen molar-refractivity contribution in [3.05, 3.63) is 29.8 Å². The number of aliphatic hydroxyl groups is 1. The molecule has 26 heavy (non-hydrogen) atoms. The van der Waals surface area contributed by atoms with Gasteiger partial charge in [-0.05, 0) is 43.9 Å². The van der Waals surface area contributed by atoms with Gasteiger partial charge in [-0.15, -0.1) is 0 Å². The van der Waals surface area contributed by atoms with E-state index in [9.17, 15) is 18.3 Å². The molecule has 3 rings (SSSR count). The minimum atomic E-state index is -3.79. The van der Waals surface area contributed by atoms with Gasteiger partial charge in [-0.2, -0.15) is 0 Å². The highest BCUT2D eigenvalue weighted by atomic mass is 32.2. The summed E-state index contributed by atoms with van der Waals surface area (Å²) in [6.07, 6.45) is 3.85. The van der Waals surface area contributed by atoms with Gasteiger partial charge in [0.05, 0.1) is 11.0 Å². The molecule has 1 amide bonds. The van der Waals surface area contributed by atoms with Crippen molar-refractivity contribution in [2.24, 2.45) is 0 Å². The predicted molar refractivity (Wildman–Crippen MR) is 96.3 cm³/mol. The Labute approximate surface area is 154 Å². The second-order valence-corrected chi connectivity index (χ2v) is 8.68. The van der Waals surface area contributed by atoms with Crippen LogP contribution in [0.1, 0.15) is 48.9 Å². The van der Waals surface area contributed by atoms with Crippen LogP contribution in [-0.4, -0.2) is 50.8 Å². The van der Waals surface area contributed by atoms with Gasteiger partial charge in [-0.25, -0.2) is 13.1 Å². The number of hydrogen-bond acceptors (Lipinski definition) is 5. The maximum Gasteiger partial charge on any atom is 0.251 e. The summed E-state index contributed by atoms with van der Waals surface area (Å²) in [7, 11) is -3.79. The summed E-state index contributed by atoms with van der Waals surface area (Å²) >= 11 is 0. The fourth-order valence-corrected chi connectivity index (χ4v) is 4.78. The topological polar surface area (TPSA) is 105 Å². The third kappa shape index (κ3) is 4.82.